The van der Waals surface area contributed by atoms with Gasteiger partial charge in [-0.2, -0.15) is 0 Å². The van der Waals surface area contributed by atoms with E-state index in [9.17, 15) is 14.9 Å². The molecule has 7 nitrogen and oxygen atoms in total. The minimum absolute atomic E-state index is 0.0655. The average Bonchev–Trinajstić information content (AvgIpc) is 2.85. The molecular weight excluding hydrogens is 434 g/mol. The van der Waals surface area contributed by atoms with Gasteiger partial charge in [-0.05, 0) is 54.2 Å². The maximum absolute atomic E-state index is 12.5. The molecule has 7 heteroatoms. The van der Waals surface area contributed by atoms with Crippen molar-refractivity contribution in [1.82, 2.24) is 0 Å². The summed E-state index contributed by atoms with van der Waals surface area (Å²) in [6.45, 7) is 2.54. The number of aryl methyl sites for hydroxylation is 1. The fraction of sp³-hybridized carbons (Fsp3) is 0.296. The Kier molecular flexibility index (Phi) is 7.11. The van der Waals surface area contributed by atoms with Crippen molar-refractivity contribution in [2.24, 2.45) is 5.92 Å². The Labute approximate surface area is 198 Å². The second kappa shape index (κ2) is 10.4. The Hall–Kier alpha value is -3.87. The van der Waals surface area contributed by atoms with E-state index in [-0.39, 0.29) is 35.8 Å². The molecule has 1 unspecified atom stereocenters. The molecule has 1 aliphatic rings. The third-order valence-corrected chi connectivity index (χ3v) is 6.16. The molecular formula is C27H27NO6. The van der Waals surface area contributed by atoms with Gasteiger partial charge in [0, 0.05) is 12.0 Å². The molecule has 4 rings (SSSR count). The molecule has 1 aliphatic heterocycles. The lowest BCUT2D eigenvalue weighted by atomic mass is 9.83. The van der Waals surface area contributed by atoms with Gasteiger partial charge in [0.15, 0.2) is 5.75 Å². The molecule has 0 aliphatic carbocycles. The summed E-state index contributed by atoms with van der Waals surface area (Å²) in [6.07, 6.45) is 0.981. The number of nitro benzene ring substituents is 1. The second-order valence-electron chi connectivity index (χ2n) is 8.53. The summed E-state index contributed by atoms with van der Waals surface area (Å²) >= 11 is 0. The van der Waals surface area contributed by atoms with Crippen molar-refractivity contribution in [3.05, 3.63) is 99.1 Å². The summed E-state index contributed by atoms with van der Waals surface area (Å²) in [7, 11) is 1.64. The Morgan fingerprint density at radius 3 is 2.50 bits per heavy atom. The van der Waals surface area contributed by atoms with Crippen LogP contribution in [0.25, 0.3) is 0 Å². The molecule has 0 saturated carbocycles. The van der Waals surface area contributed by atoms with Crippen molar-refractivity contribution in [1.29, 1.82) is 0 Å². The van der Waals surface area contributed by atoms with Crippen LogP contribution in [0.3, 0.4) is 0 Å². The third-order valence-electron chi connectivity index (χ3n) is 6.16. The summed E-state index contributed by atoms with van der Waals surface area (Å²) in [6, 6.07) is 20.3. The largest absolute Gasteiger partial charge is 0.496 e. The first-order valence-electron chi connectivity index (χ1n) is 11.2. The molecule has 0 bridgehead atoms. The first kappa shape index (κ1) is 23.3. The van der Waals surface area contributed by atoms with Crippen LogP contribution >= 0.6 is 0 Å². The highest BCUT2D eigenvalue weighted by molar-refractivity contribution is 5.74. The van der Waals surface area contributed by atoms with E-state index in [4.69, 9.17) is 14.2 Å². The normalized spacial score (nSPS) is 17.6. The topological polar surface area (TPSA) is 87.9 Å². The molecule has 176 valence electrons. The predicted molar refractivity (Wildman–Crippen MR) is 127 cm³/mol. The summed E-state index contributed by atoms with van der Waals surface area (Å²) < 4.78 is 16.5. The number of methoxy groups -OCH3 is 1. The number of cyclic esters (lactones) is 1. The lowest BCUT2D eigenvalue weighted by Gasteiger charge is -2.29. The summed E-state index contributed by atoms with van der Waals surface area (Å²) in [5, 5.41) is 11.7. The molecule has 1 heterocycles. The highest BCUT2D eigenvalue weighted by Crippen LogP contribution is 2.35. The lowest BCUT2D eigenvalue weighted by Crippen LogP contribution is -2.31. The quantitative estimate of drug-likeness (QED) is 0.254. The van der Waals surface area contributed by atoms with E-state index in [1.807, 2.05) is 49.4 Å². The summed E-state index contributed by atoms with van der Waals surface area (Å²) in [4.78, 5) is 23.7. The Morgan fingerprint density at radius 2 is 1.79 bits per heavy atom. The standard InChI is InChI=1S/C27H27NO6/c1-18-12-21(9-11-25(18)32-2)23-15-22(27(29)34-17-23)13-20-8-10-26(24(14-20)28(30)31)33-16-19-6-4-3-5-7-19/h3-12,14,22-23H,13,15-17H2,1-2H3/t22?,23-/m1/s1. The van der Waals surface area contributed by atoms with Gasteiger partial charge < -0.3 is 14.2 Å². The Morgan fingerprint density at radius 1 is 1.03 bits per heavy atom. The number of ether oxygens (including phenoxy) is 3. The summed E-state index contributed by atoms with van der Waals surface area (Å²) in [5.41, 5.74) is 3.62. The third kappa shape index (κ3) is 5.36. The maximum Gasteiger partial charge on any atom is 0.311 e. The first-order valence-corrected chi connectivity index (χ1v) is 11.2. The van der Waals surface area contributed by atoms with Crippen molar-refractivity contribution in [3.8, 4) is 11.5 Å². The smallest absolute Gasteiger partial charge is 0.311 e. The molecule has 2 atom stereocenters. The summed E-state index contributed by atoms with van der Waals surface area (Å²) in [5.74, 6) is 0.437. The van der Waals surface area contributed by atoms with Gasteiger partial charge in [0.2, 0.25) is 0 Å². The SMILES string of the molecule is COc1ccc([C@H]2COC(=O)C(Cc3ccc(OCc4ccccc4)c([N+](=O)[O-])c3)C2)cc1C. The van der Waals surface area contributed by atoms with Gasteiger partial charge in [0.1, 0.15) is 12.4 Å². The Bertz CT molecular complexity index is 1180. The van der Waals surface area contributed by atoms with Crippen molar-refractivity contribution in [3.63, 3.8) is 0 Å². The molecule has 1 fully saturated rings. The number of esters is 1. The highest BCUT2D eigenvalue weighted by Gasteiger charge is 2.32. The van der Waals surface area contributed by atoms with Crippen molar-refractivity contribution in [2.45, 2.75) is 32.3 Å². The van der Waals surface area contributed by atoms with Gasteiger partial charge in [-0.3, -0.25) is 14.9 Å². The van der Waals surface area contributed by atoms with E-state index >= 15 is 0 Å². The number of hydrogen-bond donors (Lipinski definition) is 0. The van der Waals surface area contributed by atoms with E-state index < -0.39 is 4.92 Å². The molecule has 3 aromatic rings. The first-order chi connectivity index (χ1) is 16.4. The van der Waals surface area contributed by atoms with Crippen LogP contribution in [-0.2, 0) is 22.6 Å². The Balaban J connectivity index is 1.48. The zero-order valence-corrected chi connectivity index (χ0v) is 19.2. The van der Waals surface area contributed by atoms with Gasteiger partial charge in [-0.25, -0.2) is 0 Å². The van der Waals surface area contributed by atoms with Crippen LogP contribution in [0.5, 0.6) is 11.5 Å². The van der Waals surface area contributed by atoms with Crippen LogP contribution in [0.2, 0.25) is 0 Å². The molecule has 0 spiro atoms. The number of hydrogen-bond acceptors (Lipinski definition) is 6. The van der Waals surface area contributed by atoms with Gasteiger partial charge in [0.25, 0.3) is 0 Å². The number of nitro groups is 1. The molecule has 0 N–H and O–H groups in total. The van der Waals surface area contributed by atoms with Crippen LogP contribution in [0.4, 0.5) is 5.69 Å². The molecule has 34 heavy (non-hydrogen) atoms. The number of carbonyl (C=O) groups excluding carboxylic acids is 1. The fourth-order valence-corrected chi connectivity index (χ4v) is 4.34. The van der Waals surface area contributed by atoms with E-state index in [1.165, 1.54) is 6.07 Å². The monoisotopic (exact) mass is 461 g/mol. The molecule has 3 aromatic carbocycles. The molecule has 0 aromatic heterocycles. The van der Waals surface area contributed by atoms with E-state index in [0.717, 1.165) is 22.4 Å². The lowest BCUT2D eigenvalue weighted by molar-refractivity contribution is -0.386. The molecule has 0 amide bonds. The van der Waals surface area contributed by atoms with E-state index in [1.54, 1.807) is 19.2 Å². The van der Waals surface area contributed by atoms with Crippen molar-refractivity contribution < 1.29 is 23.9 Å². The second-order valence-corrected chi connectivity index (χ2v) is 8.53. The van der Waals surface area contributed by atoms with Crippen LogP contribution in [0.15, 0.2) is 66.7 Å². The fourth-order valence-electron chi connectivity index (χ4n) is 4.34. The van der Waals surface area contributed by atoms with Crippen LogP contribution < -0.4 is 9.47 Å². The number of carbonyl (C=O) groups is 1. The van der Waals surface area contributed by atoms with Crippen LogP contribution in [0, 0.1) is 23.0 Å². The van der Waals surface area contributed by atoms with Gasteiger partial charge in [-0.1, -0.05) is 48.5 Å². The molecule has 1 saturated heterocycles. The zero-order chi connectivity index (χ0) is 24.1. The van der Waals surface area contributed by atoms with Crippen molar-refractivity contribution in [2.75, 3.05) is 13.7 Å². The number of nitrogens with zero attached hydrogens (tertiary/aromatic N) is 1. The zero-order valence-electron chi connectivity index (χ0n) is 19.2. The van der Waals surface area contributed by atoms with Gasteiger partial charge in [0.05, 0.1) is 24.6 Å². The maximum atomic E-state index is 12.5. The van der Waals surface area contributed by atoms with Crippen molar-refractivity contribution >= 4 is 11.7 Å². The van der Waals surface area contributed by atoms with Crippen LogP contribution in [-0.4, -0.2) is 24.6 Å². The number of rotatable bonds is 8. The van der Waals surface area contributed by atoms with Crippen LogP contribution in [0.1, 0.15) is 34.6 Å². The molecule has 0 radical (unpaired) electrons. The van der Waals surface area contributed by atoms with E-state index in [2.05, 4.69) is 6.07 Å². The van der Waals surface area contributed by atoms with Gasteiger partial charge >= 0.3 is 11.7 Å². The minimum Gasteiger partial charge on any atom is -0.496 e. The van der Waals surface area contributed by atoms with Gasteiger partial charge in [-0.15, -0.1) is 0 Å². The number of benzene rings is 3. The predicted octanol–water partition coefficient (Wildman–Crippen LogP) is 5.38. The van der Waals surface area contributed by atoms with E-state index in [0.29, 0.717) is 25.0 Å². The highest BCUT2D eigenvalue weighted by atomic mass is 16.6. The minimum atomic E-state index is -0.452. The average molecular weight is 462 g/mol.